The topological polar surface area (TPSA) is 50.9 Å². The van der Waals surface area contributed by atoms with Crippen molar-refractivity contribution in [3.8, 4) is 0 Å². The summed E-state index contributed by atoms with van der Waals surface area (Å²) < 4.78 is 44.8. The third-order valence-electron chi connectivity index (χ3n) is 3.03. The van der Waals surface area contributed by atoms with E-state index in [2.05, 4.69) is 4.99 Å². The molecule has 1 aliphatic rings. The van der Waals surface area contributed by atoms with Crippen LogP contribution in [0.2, 0.25) is 0 Å². The van der Waals surface area contributed by atoms with Crippen LogP contribution in [-0.2, 0) is 4.74 Å². The summed E-state index contributed by atoms with van der Waals surface area (Å²) in [5, 5.41) is 0. The van der Waals surface area contributed by atoms with E-state index in [1.165, 1.54) is 7.11 Å². The Morgan fingerprint density at radius 1 is 1.32 bits per heavy atom. The Labute approximate surface area is 108 Å². The van der Waals surface area contributed by atoms with Crippen molar-refractivity contribution in [3.63, 3.8) is 0 Å². The number of rotatable bonds is 4. The largest absolute Gasteiger partial charge is 0.383 e. The molecule has 0 aliphatic carbocycles. The zero-order valence-corrected chi connectivity index (χ0v) is 10.4. The van der Waals surface area contributed by atoms with E-state index in [4.69, 9.17) is 10.5 Å². The number of benzene rings is 1. The standard InChI is InChI=1S/C12H14F3N3O/c1-19-3-2-18-11(6-17-12(18)16)7-4-9(14)10(15)5-8(7)13/h4-5,11H,2-3,6H2,1H3,(H2,16,17). The molecule has 0 saturated heterocycles. The third-order valence-corrected chi connectivity index (χ3v) is 3.03. The molecule has 104 valence electrons. The van der Waals surface area contributed by atoms with Crippen molar-refractivity contribution in [1.29, 1.82) is 0 Å². The molecule has 2 N–H and O–H groups in total. The van der Waals surface area contributed by atoms with Gasteiger partial charge in [-0.1, -0.05) is 0 Å². The highest BCUT2D eigenvalue weighted by molar-refractivity contribution is 5.80. The van der Waals surface area contributed by atoms with Crippen molar-refractivity contribution in [3.05, 3.63) is 35.1 Å². The van der Waals surface area contributed by atoms with Crippen LogP contribution in [0.5, 0.6) is 0 Å². The monoisotopic (exact) mass is 273 g/mol. The normalized spacial score (nSPS) is 18.8. The van der Waals surface area contributed by atoms with Crippen LogP contribution in [0, 0.1) is 17.5 Å². The molecule has 0 aromatic heterocycles. The first-order valence-corrected chi connectivity index (χ1v) is 5.74. The van der Waals surface area contributed by atoms with Gasteiger partial charge in [-0.25, -0.2) is 13.2 Å². The van der Waals surface area contributed by atoms with Gasteiger partial charge in [0, 0.05) is 25.3 Å². The molecule has 1 aromatic carbocycles. The average molecular weight is 273 g/mol. The minimum Gasteiger partial charge on any atom is -0.383 e. The van der Waals surface area contributed by atoms with Gasteiger partial charge in [0.1, 0.15) is 5.82 Å². The van der Waals surface area contributed by atoms with Gasteiger partial charge in [0.25, 0.3) is 0 Å². The molecule has 0 fully saturated rings. The van der Waals surface area contributed by atoms with Crippen LogP contribution >= 0.6 is 0 Å². The Bertz CT molecular complexity index is 507. The summed E-state index contributed by atoms with van der Waals surface area (Å²) in [6, 6.07) is 0.849. The van der Waals surface area contributed by atoms with Crippen LogP contribution < -0.4 is 5.73 Å². The van der Waals surface area contributed by atoms with Crippen LogP contribution in [0.25, 0.3) is 0 Å². The molecule has 7 heteroatoms. The molecule has 2 rings (SSSR count). The molecule has 0 bridgehead atoms. The molecule has 1 atom stereocenters. The van der Waals surface area contributed by atoms with Crippen LogP contribution in [0.3, 0.4) is 0 Å². The number of guanidine groups is 1. The van der Waals surface area contributed by atoms with E-state index in [1.54, 1.807) is 4.90 Å². The number of halogens is 3. The van der Waals surface area contributed by atoms with Gasteiger partial charge < -0.3 is 15.4 Å². The Hall–Kier alpha value is -1.76. The third kappa shape index (κ3) is 2.65. The van der Waals surface area contributed by atoms with E-state index in [0.29, 0.717) is 19.2 Å². The predicted octanol–water partition coefficient (Wildman–Crippen LogP) is 1.42. The van der Waals surface area contributed by atoms with E-state index in [1.807, 2.05) is 0 Å². The van der Waals surface area contributed by atoms with Crippen molar-refractivity contribution in [2.45, 2.75) is 6.04 Å². The average Bonchev–Trinajstić information content (AvgIpc) is 2.72. The summed E-state index contributed by atoms with van der Waals surface area (Å²) >= 11 is 0. The second-order valence-corrected chi connectivity index (χ2v) is 4.19. The van der Waals surface area contributed by atoms with Gasteiger partial charge in [0.2, 0.25) is 0 Å². The van der Waals surface area contributed by atoms with Crippen molar-refractivity contribution in [1.82, 2.24) is 4.90 Å². The molecule has 19 heavy (non-hydrogen) atoms. The molecule has 1 unspecified atom stereocenters. The van der Waals surface area contributed by atoms with Gasteiger partial charge in [-0.05, 0) is 6.07 Å². The number of methoxy groups -OCH3 is 1. The fraction of sp³-hybridized carbons (Fsp3) is 0.417. The van der Waals surface area contributed by atoms with Crippen LogP contribution in [-0.4, -0.2) is 37.7 Å². The number of hydrogen-bond donors (Lipinski definition) is 1. The smallest absolute Gasteiger partial charge is 0.192 e. The van der Waals surface area contributed by atoms with E-state index in [9.17, 15) is 13.2 Å². The summed E-state index contributed by atoms with van der Waals surface area (Å²) in [5.74, 6) is -2.87. The highest BCUT2D eigenvalue weighted by Crippen LogP contribution is 2.28. The maximum Gasteiger partial charge on any atom is 0.192 e. The first-order valence-electron chi connectivity index (χ1n) is 5.74. The van der Waals surface area contributed by atoms with E-state index < -0.39 is 23.5 Å². The summed E-state index contributed by atoms with van der Waals surface area (Å²) in [5.41, 5.74) is 5.74. The van der Waals surface area contributed by atoms with Crippen molar-refractivity contribution in [2.75, 3.05) is 26.8 Å². The van der Waals surface area contributed by atoms with Gasteiger partial charge in [0.15, 0.2) is 17.6 Å². The van der Waals surface area contributed by atoms with Gasteiger partial charge in [-0.3, -0.25) is 4.99 Å². The Morgan fingerprint density at radius 2 is 2.00 bits per heavy atom. The van der Waals surface area contributed by atoms with E-state index in [-0.39, 0.29) is 18.1 Å². The second kappa shape index (κ2) is 5.48. The van der Waals surface area contributed by atoms with Crippen LogP contribution in [0.4, 0.5) is 13.2 Å². The lowest BCUT2D eigenvalue weighted by atomic mass is 10.1. The fourth-order valence-electron chi connectivity index (χ4n) is 2.05. The summed E-state index contributed by atoms with van der Waals surface area (Å²) in [4.78, 5) is 5.61. The molecule has 0 saturated carbocycles. The highest BCUT2D eigenvalue weighted by Gasteiger charge is 2.30. The Morgan fingerprint density at radius 3 is 2.68 bits per heavy atom. The number of nitrogens with zero attached hydrogens (tertiary/aromatic N) is 2. The summed E-state index contributed by atoms with van der Waals surface area (Å²) in [6.45, 7) is 0.977. The molecular weight excluding hydrogens is 259 g/mol. The van der Waals surface area contributed by atoms with Gasteiger partial charge >= 0.3 is 0 Å². The predicted molar refractivity (Wildman–Crippen MR) is 64.1 cm³/mol. The van der Waals surface area contributed by atoms with Crippen molar-refractivity contribution >= 4 is 5.96 Å². The summed E-state index contributed by atoms with van der Waals surface area (Å²) in [6.07, 6.45) is 0. The minimum atomic E-state index is -1.21. The van der Waals surface area contributed by atoms with E-state index in [0.717, 1.165) is 6.07 Å². The second-order valence-electron chi connectivity index (χ2n) is 4.19. The van der Waals surface area contributed by atoms with Gasteiger partial charge in [-0.15, -0.1) is 0 Å². The number of aliphatic imine (C=N–C) groups is 1. The Balaban J connectivity index is 2.28. The summed E-state index contributed by atoms with van der Waals surface area (Å²) in [7, 11) is 1.52. The van der Waals surface area contributed by atoms with E-state index >= 15 is 0 Å². The minimum absolute atomic E-state index is 0.0409. The lowest BCUT2D eigenvalue weighted by Gasteiger charge is -2.26. The highest BCUT2D eigenvalue weighted by atomic mass is 19.2. The molecule has 1 heterocycles. The Kier molecular flexibility index (Phi) is 3.94. The molecule has 4 nitrogen and oxygen atoms in total. The maximum atomic E-state index is 13.7. The van der Waals surface area contributed by atoms with Gasteiger partial charge in [0.05, 0.1) is 19.2 Å². The molecule has 1 aromatic rings. The molecule has 1 aliphatic heterocycles. The molecular formula is C12H14F3N3O. The first kappa shape index (κ1) is 13.7. The zero-order valence-electron chi connectivity index (χ0n) is 10.4. The van der Waals surface area contributed by atoms with Crippen LogP contribution in [0.15, 0.2) is 17.1 Å². The zero-order chi connectivity index (χ0) is 14.0. The quantitative estimate of drug-likeness (QED) is 0.844. The number of ether oxygens (including phenoxy) is 1. The van der Waals surface area contributed by atoms with Gasteiger partial charge in [-0.2, -0.15) is 0 Å². The van der Waals surface area contributed by atoms with Crippen LogP contribution in [0.1, 0.15) is 11.6 Å². The molecule has 0 radical (unpaired) electrons. The maximum absolute atomic E-state index is 13.7. The fourth-order valence-corrected chi connectivity index (χ4v) is 2.05. The van der Waals surface area contributed by atoms with Crippen molar-refractivity contribution < 1.29 is 17.9 Å². The molecule has 0 amide bonds. The number of nitrogens with two attached hydrogens (primary N) is 1. The lowest BCUT2D eigenvalue weighted by molar-refractivity contribution is 0.165. The van der Waals surface area contributed by atoms with Crippen molar-refractivity contribution in [2.24, 2.45) is 10.7 Å². The lowest BCUT2D eigenvalue weighted by Crippen LogP contribution is -2.38. The molecule has 0 spiro atoms. The SMILES string of the molecule is COCCN1C(N)=NCC1c1cc(F)c(F)cc1F. The first-order chi connectivity index (χ1) is 9.04. The number of hydrogen-bond acceptors (Lipinski definition) is 4.